The summed E-state index contributed by atoms with van der Waals surface area (Å²) in [4.78, 5) is 0. The number of sulfonamides is 1. The van der Waals surface area contributed by atoms with Gasteiger partial charge in [0.25, 0.3) is 10.0 Å². The number of aliphatic hydroxyl groups excluding tert-OH is 1. The first-order valence-electron chi connectivity index (χ1n) is 5.80. The molecule has 0 radical (unpaired) electrons. The molecule has 0 saturated heterocycles. The molecule has 1 heterocycles. The molecule has 19 heavy (non-hydrogen) atoms. The van der Waals surface area contributed by atoms with Gasteiger partial charge in [-0.1, -0.05) is 30.3 Å². The summed E-state index contributed by atoms with van der Waals surface area (Å²) >= 11 is 0. The van der Waals surface area contributed by atoms with Crippen LogP contribution in [0.3, 0.4) is 0 Å². The van der Waals surface area contributed by atoms with E-state index in [-0.39, 0.29) is 23.7 Å². The van der Waals surface area contributed by atoms with E-state index in [4.69, 9.17) is 5.11 Å². The van der Waals surface area contributed by atoms with Crippen LogP contribution >= 0.6 is 0 Å². The second-order valence-corrected chi connectivity index (χ2v) is 5.72. The molecule has 0 spiro atoms. The highest BCUT2D eigenvalue weighted by molar-refractivity contribution is 7.89. The Morgan fingerprint density at radius 2 is 2.00 bits per heavy atom. The van der Waals surface area contributed by atoms with E-state index < -0.39 is 10.0 Å². The Morgan fingerprint density at radius 3 is 2.68 bits per heavy atom. The van der Waals surface area contributed by atoms with Crippen molar-refractivity contribution in [2.24, 2.45) is 0 Å². The van der Waals surface area contributed by atoms with Crippen LogP contribution in [0.25, 0.3) is 0 Å². The van der Waals surface area contributed by atoms with E-state index in [1.54, 1.807) is 0 Å². The highest BCUT2D eigenvalue weighted by Gasteiger charge is 2.19. The van der Waals surface area contributed by atoms with Gasteiger partial charge in [-0.15, -0.1) is 0 Å². The molecule has 0 saturated carbocycles. The van der Waals surface area contributed by atoms with Gasteiger partial charge in [-0.2, -0.15) is 5.10 Å². The maximum Gasteiger partial charge on any atom is 0.257 e. The van der Waals surface area contributed by atoms with Gasteiger partial charge in [0.1, 0.15) is 0 Å². The lowest BCUT2D eigenvalue weighted by Crippen LogP contribution is -2.27. The van der Waals surface area contributed by atoms with Crippen molar-refractivity contribution >= 4 is 10.0 Å². The van der Waals surface area contributed by atoms with Crippen LogP contribution in [0.5, 0.6) is 0 Å². The molecule has 0 atom stereocenters. The Bertz CT molecular complexity index is 623. The first-order chi connectivity index (χ1) is 9.13. The number of H-pyrrole nitrogens is 1. The molecule has 0 bridgehead atoms. The van der Waals surface area contributed by atoms with E-state index in [1.807, 2.05) is 30.3 Å². The van der Waals surface area contributed by atoms with Crippen LogP contribution in [-0.4, -0.2) is 30.3 Å². The summed E-state index contributed by atoms with van der Waals surface area (Å²) in [6, 6.07) is 9.59. The van der Waals surface area contributed by atoms with Crippen molar-refractivity contribution in [3.05, 3.63) is 47.7 Å². The van der Waals surface area contributed by atoms with Gasteiger partial charge < -0.3 is 5.11 Å². The SMILES string of the molecule is O=S(=O)(NCCc1ccccc1)c1[nH]ncc1CO. The summed E-state index contributed by atoms with van der Waals surface area (Å²) in [6.07, 6.45) is 1.90. The lowest BCUT2D eigenvalue weighted by atomic mass is 10.2. The zero-order valence-corrected chi connectivity index (χ0v) is 11.0. The quantitative estimate of drug-likeness (QED) is 0.715. The standard InChI is InChI=1S/C12H15N3O3S/c16-9-11-8-13-15-12(11)19(17,18)14-7-6-10-4-2-1-3-5-10/h1-5,8,14,16H,6-7,9H2,(H,13,15). The maximum absolute atomic E-state index is 12.0. The number of hydrogen-bond acceptors (Lipinski definition) is 4. The molecule has 0 aliphatic carbocycles. The fraction of sp³-hybridized carbons (Fsp3) is 0.250. The predicted molar refractivity (Wildman–Crippen MR) is 69.8 cm³/mol. The number of aromatic nitrogens is 2. The predicted octanol–water partition coefficient (Wildman–Crippen LogP) is 0.423. The van der Waals surface area contributed by atoms with E-state index >= 15 is 0 Å². The van der Waals surface area contributed by atoms with Gasteiger partial charge in [0.2, 0.25) is 0 Å². The number of hydrogen-bond donors (Lipinski definition) is 3. The van der Waals surface area contributed by atoms with E-state index in [9.17, 15) is 8.42 Å². The van der Waals surface area contributed by atoms with E-state index in [0.717, 1.165) is 5.56 Å². The fourth-order valence-corrected chi connectivity index (χ4v) is 2.84. The van der Waals surface area contributed by atoms with Crippen LogP contribution in [0.1, 0.15) is 11.1 Å². The smallest absolute Gasteiger partial charge is 0.257 e. The molecule has 0 aliphatic rings. The summed E-state index contributed by atoms with van der Waals surface area (Å²) in [5.41, 5.74) is 1.31. The van der Waals surface area contributed by atoms with Crippen molar-refractivity contribution in [3.63, 3.8) is 0 Å². The molecule has 3 N–H and O–H groups in total. The van der Waals surface area contributed by atoms with Crippen molar-refractivity contribution in [1.82, 2.24) is 14.9 Å². The monoisotopic (exact) mass is 281 g/mol. The van der Waals surface area contributed by atoms with Gasteiger partial charge in [-0.3, -0.25) is 5.10 Å². The van der Waals surface area contributed by atoms with Gasteiger partial charge in [-0.25, -0.2) is 13.1 Å². The number of benzene rings is 1. The Kier molecular flexibility index (Phi) is 4.31. The summed E-state index contributed by atoms with van der Waals surface area (Å²) in [5, 5.41) is 14.9. The average molecular weight is 281 g/mol. The number of aliphatic hydroxyl groups is 1. The van der Waals surface area contributed by atoms with Crippen LogP contribution in [0.2, 0.25) is 0 Å². The molecule has 0 aliphatic heterocycles. The third-order valence-electron chi connectivity index (χ3n) is 2.67. The number of nitrogens with one attached hydrogen (secondary N) is 2. The Balaban J connectivity index is 1.99. The largest absolute Gasteiger partial charge is 0.392 e. The number of aromatic amines is 1. The minimum atomic E-state index is -3.66. The first-order valence-corrected chi connectivity index (χ1v) is 7.28. The van der Waals surface area contributed by atoms with E-state index in [0.29, 0.717) is 6.42 Å². The second-order valence-electron chi connectivity index (χ2n) is 4.02. The first kappa shape index (κ1) is 13.7. The highest BCUT2D eigenvalue weighted by atomic mass is 32.2. The molecule has 1 aromatic carbocycles. The number of nitrogens with zero attached hydrogens (tertiary/aromatic N) is 1. The van der Waals surface area contributed by atoms with Gasteiger partial charge in [-0.05, 0) is 12.0 Å². The molecule has 7 heteroatoms. The zero-order chi connectivity index (χ0) is 13.7. The van der Waals surface area contributed by atoms with Crippen molar-refractivity contribution < 1.29 is 13.5 Å². The lowest BCUT2D eigenvalue weighted by Gasteiger charge is -2.06. The maximum atomic E-state index is 12.0. The van der Waals surface area contributed by atoms with Gasteiger partial charge in [0.15, 0.2) is 5.03 Å². The third-order valence-corrected chi connectivity index (χ3v) is 4.14. The van der Waals surface area contributed by atoms with Crippen LogP contribution in [-0.2, 0) is 23.1 Å². The topological polar surface area (TPSA) is 95.1 Å². The summed E-state index contributed by atoms with van der Waals surface area (Å²) in [7, 11) is -3.66. The van der Waals surface area contributed by atoms with Crippen LogP contribution < -0.4 is 4.72 Å². The minimum Gasteiger partial charge on any atom is -0.392 e. The van der Waals surface area contributed by atoms with Crippen molar-refractivity contribution in [2.45, 2.75) is 18.1 Å². The van der Waals surface area contributed by atoms with Crippen molar-refractivity contribution in [2.75, 3.05) is 6.54 Å². The van der Waals surface area contributed by atoms with Crippen molar-refractivity contribution in [3.8, 4) is 0 Å². The molecular formula is C12H15N3O3S. The molecule has 2 aromatic rings. The Morgan fingerprint density at radius 1 is 1.26 bits per heavy atom. The molecule has 0 fully saturated rings. The van der Waals surface area contributed by atoms with E-state index in [2.05, 4.69) is 14.9 Å². The number of rotatable bonds is 6. The van der Waals surface area contributed by atoms with E-state index in [1.165, 1.54) is 6.20 Å². The lowest BCUT2D eigenvalue weighted by molar-refractivity contribution is 0.278. The minimum absolute atomic E-state index is 0.0805. The Hall–Kier alpha value is -1.70. The van der Waals surface area contributed by atoms with Crippen molar-refractivity contribution in [1.29, 1.82) is 0 Å². The van der Waals surface area contributed by atoms with Crippen LogP contribution in [0.4, 0.5) is 0 Å². The van der Waals surface area contributed by atoms with Gasteiger partial charge in [0, 0.05) is 12.1 Å². The molecule has 102 valence electrons. The summed E-state index contributed by atoms with van der Waals surface area (Å²) in [6.45, 7) is -0.0817. The normalized spacial score (nSPS) is 11.6. The average Bonchev–Trinajstić information content (AvgIpc) is 2.89. The molecule has 0 amide bonds. The fourth-order valence-electron chi connectivity index (χ4n) is 1.69. The Labute approximate surface area is 111 Å². The second kappa shape index (κ2) is 5.96. The molecule has 2 rings (SSSR count). The zero-order valence-electron chi connectivity index (χ0n) is 10.2. The molecule has 6 nitrogen and oxygen atoms in total. The van der Waals surface area contributed by atoms with Crippen LogP contribution in [0.15, 0.2) is 41.6 Å². The van der Waals surface area contributed by atoms with Gasteiger partial charge >= 0.3 is 0 Å². The summed E-state index contributed by atoms with van der Waals surface area (Å²) < 4.78 is 26.4. The highest BCUT2D eigenvalue weighted by Crippen LogP contribution is 2.11. The molecule has 1 aromatic heterocycles. The third kappa shape index (κ3) is 3.40. The molecule has 0 unspecified atom stereocenters. The summed E-state index contributed by atoms with van der Waals surface area (Å²) in [5.74, 6) is 0. The van der Waals surface area contributed by atoms with Gasteiger partial charge in [0.05, 0.1) is 12.8 Å². The molecular weight excluding hydrogens is 266 g/mol. The van der Waals surface area contributed by atoms with Crippen LogP contribution in [0, 0.1) is 0 Å².